The fourth-order valence-electron chi connectivity index (χ4n) is 3.84. The average molecular weight is 295 g/mol. The van der Waals surface area contributed by atoms with Crippen LogP contribution in [0.1, 0.15) is 72.6 Å². The van der Waals surface area contributed by atoms with E-state index < -0.39 is 0 Å². The molecule has 2 saturated carbocycles. The van der Waals surface area contributed by atoms with Crippen molar-refractivity contribution in [3.8, 4) is 0 Å². The van der Waals surface area contributed by atoms with E-state index in [1.807, 2.05) is 0 Å². The zero-order valence-electron chi connectivity index (χ0n) is 15.0. The molecular weight excluding hydrogens is 256 g/mol. The van der Waals surface area contributed by atoms with Gasteiger partial charge in [-0.05, 0) is 63.3 Å². The maximum Gasteiger partial charge on any atom is 0.00530 e. The molecule has 21 heavy (non-hydrogen) atoms. The molecule has 2 aliphatic rings. The highest BCUT2D eigenvalue weighted by atomic mass is 15.2. The van der Waals surface area contributed by atoms with Gasteiger partial charge in [0.1, 0.15) is 0 Å². The van der Waals surface area contributed by atoms with E-state index in [0.29, 0.717) is 11.5 Å². The fourth-order valence-corrected chi connectivity index (χ4v) is 3.84. The smallest absolute Gasteiger partial charge is 0.00530 e. The van der Waals surface area contributed by atoms with E-state index in [2.05, 4.69) is 37.9 Å². The van der Waals surface area contributed by atoms with Crippen molar-refractivity contribution in [1.82, 2.24) is 10.2 Å². The zero-order valence-corrected chi connectivity index (χ0v) is 15.0. The lowest BCUT2D eigenvalue weighted by molar-refractivity contribution is 0.0795. The Balaban J connectivity index is 1.92. The van der Waals surface area contributed by atoms with E-state index in [4.69, 9.17) is 0 Å². The molecule has 0 amide bonds. The molecule has 0 atom stereocenters. The van der Waals surface area contributed by atoms with Crippen molar-refractivity contribution in [3.63, 3.8) is 0 Å². The van der Waals surface area contributed by atoms with Crippen LogP contribution in [0.4, 0.5) is 0 Å². The second-order valence-corrected chi connectivity index (χ2v) is 8.55. The van der Waals surface area contributed by atoms with E-state index in [0.717, 1.165) is 11.8 Å². The summed E-state index contributed by atoms with van der Waals surface area (Å²) in [5.74, 6) is 1.77. The van der Waals surface area contributed by atoms with Crippen LogP contribution >= 0.6 is 0 Å². The molecule has 2 fully saturated rings. The Kier molecular flexibility index (Phi) is 6.55. The number of hydrogen-bond donors (Lipinski definition) is 1. The Bertz CT molecular complexity index is 288. The summed E-state index contributed by atoms with van der Waals surface area (Å²) in [5.41, 5.74) is 0.548. The molecule has 0 saturated heterocycles. The summed E-state index contributed by atoms with van der Waals surface area (Å²) in [6, 6.07) is 0.703. The third kappa shape index (κ3) is 5.90. The van der Waals surface area contributed by atoms with Crippen molar-refractivity contribution in [3.05, 3.63) is 0 Å². The SMILES string of the molecule is CC(C)CNCC1(CN(CC2CC2)C(C)C)CCCCC1. The molecular formula is C19H38N2. The molecule has 0 spiro atoms. The number of hydrogen-bond acceptors (Lipinski definition) is 2. The minimum atomic E-state index is 0.548. The van der Waals surface area contributed by atoms with Crippen molar-refractivity contribution in [2.24, 2.45) is 17.3 Å². The minimum absolute atomic E-state index is 0.548. The summed E-state index contributed by atoms with van der Waals surface area (Å²) in [5, 5.41) is 3.78. The molecule has 0 radical (unpaired) electrons. The second-order valence-electron chi connectivity index (χ2n) is 8.55. The van der Waals surface area contributed by atoms with Gasteiger partial charge >= 0.3 is 0 Å². The third-order valence-corrected chi connectivity index (χ3v) is 5.43. The molecule has 2 aliphatic carbocycles. The monoisotopic (exact) mass is 294 g/mol. The van der Waals surface area contributed by atoms with Gasteiger partial charge in [0.25, 0.3) is 0 Å². The lowest BCUT2D eigenvalue weighted by Crippen LogP contribution is -2.48. The maximum absolute atomic E-state index is 3.78. The standard InChI is InChI=1S/C19H38N2/c1-16(2)12-20-14-19(10-6-5-7-11-19)15-21(17(3)4)13-18-8-9-18/h16-18,20H,5-15H2,1-4H3. The second kappa shape index (κ2) is 7.97. The van der Waals surface area contributed by atoms with E-state index in [1.165, 1.54) is 71.1 Å². The Morgan fingerprint density at radius 3 is 2.24 bits per heavy atom. The van der Waals surface area contributed by atoms with Gasteiger partial charge in [0, 0.05) is 25.7 Å². The van der Waals surface area contributed by atoms with E-state index in [1.54, 1.807) is 0 Å². The van der Waals surface area contributed by atoms with E-state index >= 15 is 0 Å². The highest BCUT2D eigenvalue weighted by molar-refractivity contribution is 4.90. The quantitative estimate of drug-likeness (QED) is 0.682. The topological polar surface area (TPSA) is 15.3 Å². The van der Waals surface area contributed by atoms with Crippen LogP contribution in [0.25, 0.3) is 0 Å². The molecule has 0 aromatic heterocycles. The lowest BCUT2D eigenvalue weighted by atomic mass is 9.73. The molecule has 2 heteroatoms. The van der Waals surface area contributed by atoms with Crippen molar-refractivity contribution in [2.45, 2.75) is 78.7 Å². The molecule has 1 N–H and O–H groups in total. The molecule has 0 aromatic rings. The molecule has 2 nitrogen and oxygen atoms in total. The van der Waals surface area contributed by atoms with Crippen LogP contribution in [-0.4, -0.2) is 37.1 Å². The summed E-state index contributed by atoms with van der Waals surface area (Å²) in [6.45, 7) is 14.5. The van der Waals surface area contributed by atoms with Gasteiger partial charge in [-0.2, -0.15) is 0 Å². The Morgan fingerprint density at radius 2 is 1.71 bits per heavy atom. The first kappa shape index (κ1) is 17.3. The van der Waals surface area contributed by atoms with Gasteiger partial charge in [-0.1, -0.05) is 33.1 Å². The normalized spacial score (nSPS) is 22.4. The Labute approximate surface area is 133 Å². The first-order chi connectivity index (χ1) is 10.0. The van der Waals surface area contributed by atoms with Crippen molar-refractivity contribution >= 4 is 0 Å². The maximum atomic E-state index is 3.78. The van der Waals surface area contributed by atoms with E-state index in [-0.39, 0.29) is 0 Å². The first-order valence-electron chi connectivity index (χ1n) is 9.45. The summed E-state index contributed by atoms with van der Waals surface area (Å²) < 4.78 is 0. The van der Waals surface area contributed by atoms with Crippen LogP contribution in [0.15, 0.2) is 0 Å². The summed E-state index contributed by atoms with van der Waals surface area (Å²) >= 11 is 0. The van der Waals surface area contributed by atoms with Crippen LogP contribution in [0.5, 0.6) is 0 Å². The molecule has 0 aromatic carbocycles. The van der Waals surface area contributed by atoms with Crippen LogP contribution < -0.4 is 5.32 Å². The van der Waals surface area contributed by atoms with Gasteiger partial charge in [0.2, 0.25) is 0 Å². The highest BCUT2D eigenvalue weighted by Crippen LogP contribution is 2.38. The average Bonchev–Trinajstić information content (AvgIpc) is 3.22. The highest BCUT2D eigenvalue weighted by Gasteiger charge is 2.36. The molecule has 124 valence electrons. The van der Waals surface area contributed by atoms with Crippen molar-refractivity contribution in [1.29, 1.82) is 0 Å². The van der Waals surface area contributed by atoms with Gasteiger partial charge in [-0.25, -0.2) is 0 Å². The summed E-state index contributed by atoms with van der Waals surface area (Å²) in [6.07, 6.45) is 10.2. The van der Waals surface area contributed by atoms with Gasteiger partial charge < -0.3 is 10.2 Å². The van der Waals surface area contributed by atoms with Gasteiger partial charge in [-0.3, -0.25) is 0 Å². The Morgan fingerprint density at radius 1 is 1.05 bits per heavy atom. The lowest BCUT2D eigenvalue weighted by Gasteiger charge is -2.43. The van der Waals surface area contributed by atoms with Gasteiger partial charge in [0.05, 0.1) is 0 Å². The molecule has 2 rings (SSSR count). The number of rotatable bonds is 9. The third-order valence-electron chi connectivity index (χ3n) is 5.43. The van der Waals surface area contributed by atoms with Crippen LogP contribution in [-0.2, 0) is 0 Å². The Hall–Kier alpha value is -0.0800. The predicted octanol–water partition coefficient (Wildman–Crippen LogP) is 4.30. The number of nitrogens with zero attached hydrogens (tertiary/aromatic N) is 1. The minimum Gasteiger partial charge on any atom is -0.316 e. The van der Waals surface area contributed by atoms with Gasteiger partial charge in [0.15, 0.2) is 0 Å². The summed E-state index contributed by atoms with van der Waals surface area (Å²) in [7, 11) is 0. The first-order valence-corrected chi connectivity index (χ1v) is 9.45. The van der Waals surface area contributed by atoms with Crippen LogP contribution in [0.3, 0.4) is 0 Å². The molecule has 0 aliphatic heterocycles. The molecule has 0 bridgehead atoms. The fraction of sp³-hybridized carbons (Fsp3) is 1.00. The zero-order chi connectivity index (χ0) is 15.3. The van der Waals surface area contributed by atoms with E-state index in [9.17, 15) is 0 Å². The van der Waals surface area contributed by atoms with Crippen molar-refractivity contribution in [2.75, 3.05) is 26.2 Å². The van der Waals surface area contributed by atoms with Crippen LogP contribution in [0.2, 0.25) is 0 Å². The van der Waals surface area contributed by atoms with Gasteiger partial charge in [-0.15, -0.1) is 0 Å². The summed E-state index contributed by atoms with van der Waals surface area (Å²) in [4.78, 5) is 2.79. The van der Waals surface area contributed by atoms with Crippen LogP contribution in [0, 0.1) is 17.3 Å². The largest absolute Gasteiger partial charge is 0.316 e. The number of nitrogens with one attached hydrogen (secondary N) is 1. The molecule has 0 heterocycles. The predicted molar refractivity (Wildman–Crippen MR) is 92.7 cm³/mol. The molecule has 0 unspecified atom stereocenters. The van der Waals surface area contributed by atoms with Crippen molar-refractivity contribution < 1.29 is 0 Å².